The van der Waals surface area contributed by atoms with Gasteiger partial charge in [-0.2, -0.15) is 0 Å². The van der Waals surface area contributed by atoms with Gasteiger partial charge in [0, 0.05) is 12.8 Å². The third kappa shape index (κ3) is 8.66. The highest BCUT2D eigenvalue weighted by molar-refractivity contribution is 7.45. The Balaban J connectivity index is 0.000000280. The highest BCUT2D eigenvalue weighted by atomic mass is 31.2. The topological polar surface area (TPSA) is 75.2 Å². The molecule has 14 heavy (non-hydrogen) atoms. The molecule has 0 atom stereocenters. The van der Waals surface area contributed by atoms with Crippen LogP contribution in [0.5, 0.6) is 0 Å². The Kier molecular flexibility index (Phi) is 8.43. The minimum Gasteiger partial charge on any atom is -0.756 e. The molecule has 1 heterocycles. The molecule has 0 bridgehead atoms. The van der Waals surface area contributed by atoms with Gasteiger partial charge in [-0.25, -0.2) is 0 Å². The average Bonchev–Trinajstić information content (AvgIpc) is 2.59. The number of quaternary nitrogens is 1. The fourth-order valence-corrected chi connectivity index (χ4v) is 1.78. The molecule has 5 nitrogen and oxygen atoms in total. The van der Waals surface area contributed by atoms with Crippen LogP contribution in [0.1, 0.15) is 26.7 Å². The number of hydrogen-bond acceptors (Lipinski definition) is 4. The molecule has 1 fully saturated rings. The van der Waals surface area contributed by atoms with Gasteiger partial charge in [0.05, 0.1) is 26.3 Å². The van der Waals surface area contributed by atoms with Gasteiger partial charge in [0.2, 0.25) is 0 Å². The van der Waals surface area contributed by atoms with Crippen molar-refractivity contribution in [2.45, 2.75) is 26.7 Å². The molecule has 0 aliphatic carbocycles. The highest BCUT2D eigenvalue weighted by Gasteiger charge is 2.04. The van der Waals surface area contributed by atoms with Crippen molar-refractivity contribution >= 4 is 7.82 Å². The van der Waals surface area contributed by atoms with E-state index < -0.39 is 7.82 Å². The monoisotopic (exact) mass is 225 g/mol. The molecule has 0 aromatic rings. The van der Waals surface area contributed by atoms with Crippen LogP contribution in [-0.4, -0.2) is 26.3 Å². The largest absolute Gasteiger partial charge is 0.756 e. The van der Waals surface area contributed by atoms with Gasteiger partial charge in [-0.1, -0.05) is 0 Å². The first-order chi connectivity index (χ1) is 6.62. The Hall–Kier alpha value is 0.0700. The van der Waals surface area contributed by atoms with Crippen molar-refractivity contribution in [3.8, 4) is 0 Å². The first-order valence-electron chi connectivity index (χ1n) is 5.04. The Morgan fingerprint density at radius 1 is 1.21 bits per heavy atom. The maximum Gasteiger partial charge on any atom is 0.267 e. The van der Waals surface area contributed by atoms with E-state index in [0.717, 1.165) is 0 Å². The zero-order valence-electron chi connectivity index (χ0n) is 8.90. The van der Waals surface area contributed by atoms with Crippen molar-refractivity contribution in [2.75, 3.05) is 26.3 Å². The molecule has 1 aliphatic heterocycles. The van der Waals surface area contributed by atoms with Crippen molar-refractivity contribution in [3.05, 3.63) is 0 Å². The minimum atomic E-state index is -3.94. The quantitative estimate of drug-likeness (QED) is 0.676. The summed E-state index contributed by atoms with van der Waals surface area (Å²) in [6.45, 7) is 6.18. The highest BCUT2D eigenvalue weighted by Crippen LogP contribution is 2.37. The second-order valence-corrected chi connectivity index (χ2v) is 4.27. The van der Waals surface area contributed by atoms with Crippen LogP contribution in [0.3, 0.4) is 0 Å². The van der Waals surface area contributed by atoms with Crippen LogP contribution in [-0.2, 0) is 13.6 Å². The molecule has 1 rings (SSSR count). The van der Waals surface area contributed by atoms with E-state index in [1.54, 1.807) is 13.8 Å². The Morgan fingerprint density at radius 2 is 1.64 bits per heavy atom. The SMILES string of the molecule is C1CC[NH2+]C1.CCOP(=O)([O-])OCC. The number of phosphoric ester groups is 1. The molecule has 0 aromatic carbocycles. The van der Waals surface area contributed by atoms with Crippen molar-refractivity contribution in [1.29, 1.82) is 0 Å². The summed E-state index contributed by atoms with van der Waals surface area (Å²) >= 11 is 0. The lowest BCUT2D eigenvalue weighted by Gasteiger charge is -2.20. The second-order valence-electron chi connectivity index (χ2n) is 2.86. The fraction of sp³-hybridized carbons (Fsp3) is 1.00. The standard InChI is InChI=1S/C4H9N.C4H11O4P/c1-2-4-5-3-1;1-3-7-9(5,6)8-4-2/h5H,1-4H2;3-4H2,1-2H3,(H,5,6). The zero-order chi connectivity index (χ0) is 10.9. The Morgan fingerprint density at radius 3 is 1.86 bits per heavy atom. The van der Waals surface area contributed by atoms with Crippen molar-refractivity contribution in [1.82, 2.24) is 0 Å². The molecule has 2 N–H and O–H groups in total. The predicted molar refractivity (Wildman–Crippen MR) is 51.8 cm³/mol. The molecule has 0 spiro atoms. The van der Waals surface area contributed by atoms with Gasteiger partial charge in [-0.15, -0.1) is 0 Å². The van der Waals surface area contributed by atoms with E-state index in [-0.39, 0.29) is 13.2 Å². The summed E-state index contributed by atoms with van der Waals surface area (Å²) in [6, 6.07) is 0. The van der Waals surface area contributed by atoms with Crippen LogP contribution in [0, 0.1) is 0 Å². The lowest BCUT2D eigenvalue weighted by Crippen LogP contribution is -2.80. The van der Waals surface area contributed by atoms with Crippen LogP contribution in [0.25, 0.3) is 0 Å². The molecule has 86 valence electrons. The summed E-state index contributed by atoms with van der Waals surface area (Å²) in [6.07, 6.45) is 2.89. The molecule has 1 aliphatic rings. The summed E-state index contributed by atoms with van der Waals surface area (Å²) < 4.78 is 18.9. The van der Waals surface area contributed by atoms with Crippen LogP contribution in [0.15, 0.2) is 0 Å². The lowest BCUT2D eigenvalue weighted by atomic mass is 10.4. The summed E-state index contributed by atoms with van der Waals surface area (Å²) in [5.74, 6) is 0. The molecular weight excluding hydrogens is 205 g/mol. The molecule has 0 unspecified atom stereocenters. The predicted octanol–water partition coefficient (Wildman–Crippen LogP) is -0.129. The van der Waals surface area contributed by atoms with Gasteiger partial charge in [-0.3, -0.25) is 4.57 Å². The van der Waals surface area contributed by atoms with E-state index in [1.807, 2.05) is 0 Å². The Bertz CT molecular complexity index is 155. The van der Waals surface area contributed by atoms with Gasteiger partial charge in [-0.05, 0) is 13.8 Å². The molecular formula is C8H20NO4P. The first-order valence-corrected chi connectivity index (χ1v) is 6.50. The maximum atomic E-state index is 10.4. The average molecular weight is 225 g/mol. The molecule has 0 saturated carbocycles. The molecule has 0 radical (unpaired) electrons. The lowest BCUT2D eigenvalue weighted by molar-refractivity contribution is -0.635. The van der Waals surface area contributed by atoms with Crippen molar-refractivity contribution in [2.24, 2.45) is 0 Å². The summed E-state index contributed by atoms with van der Waals surface area (Å²) in [5.41, 5.74) is 0. The third-order valence-corrected chi connectivity index (χ3v) is 2.79. The van der Waals surface area contributed by atoms with Gasteiger partial charge >= 0.3 is 0 Å². The number of rotatable bonds is 4. The normalized spacial score (nSPS) is 16.2. The van der Waals surface area contributed by atoms with Gasteiger partial charge < -0.3 is 19.3 Å². The van der Waals surface area contributed by atoms with Crippen LogP contribution in [0.4, 0.5) is 0 Å². The maximum absolute atomic E-state index is 10.4. The molecule has 6 heteroatoms. The van der Waals surface area contributed by atoms with E-state index in [4.69, 9.17) is 0 Å². The van der Waals surface area contributed by atoms with Gasteiger partial charge in [0.1, 0.15) is 0 Å². The van der Waals surface area contributed by atoms with Crippen LogP contribution in [0.2, 0.25) is 0 Å². The van der Waals surface area contributed by atoms with Crippen LogP contribution < -0.4 is 10.2 Å². The minimum absolute atomic E-state index is 0.126. The number of phosphoric acid groups is 1. The van der Waals surface area contributed by atoms with Crippen molar-refractivity contribution in [3.63, 3.8) is 0 Å². The van der Waals surface area contributed by atoms with Crippen molar-refractivity contribution < 1.29 is 23.8 Å². The fourth-order valence-electron chi connectivity index (χ4n) is 1.08. The second kappa shape index (κ2) is 8.38. The van der Waals surface area contributed by atoms with E-state index >= 15 is 0 Å². The van der Waals surface area contributed by atoms with Gasteiger partial charge in [0.15, 0.2) is 0 Å². The Labute approximate surface area is 85.4 Å². The summed E-state index contributed by atoms with van der Waals surface area (Å²) in [4.78, 5) is 10.4. The molecule has 1 saturated heterocycles. The van der Waals surface area contributed by atoms with E-state index in [2.05, 4.69) is 14.4 Å². The van der Waals surface area contributed by atoms with E-state index in [9.17, 15) is 9.46 Å². The van der Waals surface area contributed by atoms with E-state index in [1.165, 1.54) is 25.9 Å². The smallest absolute Gasteiger partial charge is 0.267 e. The van der Waals surface area contributed by atoms with E-state index in [0.29, 0.717) is 0 Å². The van der Waals surface area contributed by atoms with Gasteiger partial charge in [0.25, 0.3) is 7.82 Å². The number of hydrogen-bond donors (Lipinski definition) is 1. The summed E-state index contributed by atoms with van der Waals surface area (Å²) in [5, 5.41) is 2.36. The van der Waals surface area contributed by atoms with Crippen LogP contribution >= 0.6 is 7.82 Å². The summed E-state index contributed by atoms with van der Waals surface area (Å²) in [7, 11) is -3.94. The third-order valence-electron chi connectivity index (χ3n) is 1.64. The number of nitrogens with two attached hydrogens (primary N) is 1. The first kappa shape index (κ1) is 14.1. The molecule has 0 amide bonds. The molecule has 0 aromatic heterocycles. The zero-order valence-corrected chi connectivity index (χ0v) is 9.79.